The largest absolute Gasteiger partial charge is 0.476 e. The second-order valence-electron chi connectivity index (χ2n) is 8.28. The normalized spacial score (nSPS) is 18.2. The van der Waals surface area contributed by atoms with E-state index in [1.54, 1.807) is 0 Å². The molecule has 0 saturated carbocycles. The number of aromatic nitrogens is 2. The molecule has 1 amide bonds. The highest BCUT2D eigenvalue weighted by Crippen LogP contribution is 2.35. The Labute approximate surface area is 165 Å². The van der Waals surface area contributed by atoms with E-state index < -0.39 is 5.97 Å². The van der Waals surface area contributed by atoms with Gasteiger partial charge in [-0.25, -0.2) is 4.79 Å². The van der Waals surface area contributed by atoms with Crippen molar-refractivity contribution >= 4 is 11.9 Å². The van der Waals surface area contributed by atoms with Crippen LogP contribution in [0.2, 0.25) is 0 Å². The fourth-order valence-electron chi connectivity index (χ4n) is 4.45. The van der Waals surface area contributed by atoms with Crippen LogP contribution in [0, 0.1) is 5.92 Å². The molecular weight excluding hydrogens is 354 g/mol. The molecule has 0 bridgehead atoms. The number of amides is 1. The van der Waals surface area contributed by atoms with Gasteiger partial charge in [0.25, 0.3) is 0 Å². The minimum Gasteiger partial charge on any atom is -0.476 e. The van der Waals surface area contributed by atoms with Gasteiger partial charge in [0.15, 0.2) is 5.69 Å². The zero-order valence-corrected chi connectivity index (χ0v) is 16.5. The summed E-state index contributed by atoms with van der Waals surface area (Å²) < 4.78 is 1.85. The van der Waals surface area contributed by atoms with Gasteiger partial charge in [-0.15, -0.1) is 0 Å². The lowest BCUT2D eigenvalue weighted by Gasteiger charge is -2.30. The first-order valence-corrected chi connectivity index (χ1v) is 10.1. The first kappa shape index (κ1) is 18.7. The summed E-state index contributed by atoms with van der Waals surface area (Å²) in [6, 6.07) is 8.15. The standard InChI is InChI=1S/C22H27N3O3/c1-14(2)9-12-25-19-10-11-24(13-18(19)20(23-25)22(27)28)21(26)17-8-7-15-5-3-4-6-16(15)17/h3-6,14,17H,7-13H2,1-2H3,(H,27,28). The predicted octanol–water partition coefficient (Wildman–Crippen LogP) is 3.24. The third-order valence-electron chi connectivity index (χ3n) is 6.00. The van der Waals surface area contributed by atoms with Crippen molar-refractivity contribution in [2.24, 2.45) is 5.92 Å². The van der Waals surface area contributed by atoms with E-state index in [-0.39, 0.29) is 17.5 Å². The van der Waals surface area contributed by atoms with Crippen LogP contribution in [-0.4, -0.2) is 38.2 Å². The van der Waals surface area contributed by atoms with Gasteiger partial charge in [-0.2, -0.15) is 5.10 Å². The number of fused-ring (bicyclic) bond motifs is 2. The Bertz CT molecular complexity index is 916. The molecule has 2 aromatic rings. The van der Waals surface area contributed by atoms with Crippen LogP contribution in [-0.2, 0) is 30.7 Å². The molecule has 1 aliphatic heterocycles. The van der Waals surface area contributed by atoms with Gasteiger partial charge >= 0.3 is 5.97 Å². The number of aryl methyl sites for hydroxylation is 2. The molecule has 6 nitrogen and oxygen atoms in total. The van der Waals surface area contributed by atoms with E-state index in [2.05, 4.69) is 25.0 Å². The summed E-state index contributed by atoms with van der Waals surface area (Å²) in [5.41, 5.74) is 4.18. The number of hydrogen-bond acceptors (Lipinski definition) is 3. The van der Waals surface area contributed by atoms with E-state index in [0.717, 1.165) is 37.1 Å². The van der Waals surface area contributed by atoms with Crippen molar-refractivity contribution in [3.63, 3.8) is 0 Å². The monoisotopic (exact) mass is 381 g/mol. The Hall–Kier alpha value is -2.63. The topological polar surface area (TPSA) is 75.4 Å². The Morgan fingerprint density at radius 1 is 1.25 bits per heavy atom. The van der Waals surface area contributed by atoms with Crippen LogP contribution in [0.5, 0.6) is 0 Å². The second kappa shape index (κ2) is 7.41. The summed E-state index contributed by atoms with van der Waals surface area (Å²) in [5, 5.41) is 14.0. The van der Waals surface area contributed by atoms with Crippen molar-refractivity contribution in [1.82, 2.24) is 14.7 Å². The van der Waals surface area contributed by atoms with Crippen LogP contribution < -0.4 is 0 Å². The molecule has 0 fully saturated rings. The average molecular weight is 381 g/mol. The van der Waals surface area contributed by atoms with Gasteiger partial charge in [-0.1, -0.05) is 38.1 Å². The Morgan fingerprint density at radius 3 is 2.79 bits per heavy atom. The van der Waals surface area contributed by atoms with Crippen molar-refractivity contribution in [3.8, 4) is 0 Å². The van der Waals surface area contributed by atoms with Crippen molar-refractivity contribution in [3.05, 3.63) is 52.3 Å². The Morgan fingerprint density at radius 2 is 2.04 bits per heavy atom. The van der Waals surface area contributed by atoms with Crippen molar-refractivity contribution in [2.45, 2.75) is 58.5 Å². The van der Waals surface area contributed by atoms with Gasteiger partial charge in [0.2, 0.25) is 5.91 Å². The molecule has 6 heteroatoms. The molecular formula is C22H27N3O3. The van der Waals surface area contributed by atoms with Crippen molar-refractivity contribution in [1.29, 1.82) is 0 Å². The molecule has 2 heterocycles. The number of benzene rings is 1. The van der Waals surface area contributed by atoms with Gasteiger partial charge in [0.05, 0.1) is 5.92 Å². The lowest BCUT2D eigenvalue weighted by atomic mass is 9.97. The van der Waals surface area contributed by atoms with Crippen LogP contribution in [0.1, 0.15) is 65.5 Å². The molecule has 1 aromatic carbocycles. The Kier molecular flexibility index (Phi) is 4.96. The van der Waals surface area contributed by atoms with Crippen LogP contribution in [0.4, 0.5) is 0 Å². The smallest absolute Gasteiger partial charge is 0.356 e. The maximum atomic E-state index is 13.2. The molecule has 1 N–H and O–H groups in total. The number of carboxylic acids is 1. The minimum atomic E-state index is -1.01. The summed E-state index contributed by atoms with van der Waals surface area (Å²) in [6.07, 6.45) is 3.38. The maximum Gasteiger partial charge on any atom is 0.356 e. The first-order chi connectivity index (χ1) is 13.5. The second-order valence-corrected chi connectivity index (χ2v) is 8.28. The van der Waals surface area contributed by atoms with Gasteiger partial charge in [-0.3, -0.25) is 9.48 Å². The average Bonchev–Trinajstić information content (AvgIpc) is 3.27. The molecule has 148 valence electrons. The molecule has 0 saturated heterocycles. The third-order valence-corrected chi connectivity index (χ3v) is 6.00. The summed E-state index contributed by atoms with van der Waals surface area (Å²) in [7, 11) is 0. The highest BCUT2D eigenvalue weighted by Gasteiger charge is 2.35. The first-order valence-electron chi connectivity index (χ1n) is 10.1. The molecule has 28 heavy (non-hydrogen) atoms. The van der Waals surface area contributed by atoms with E-state index in [1.807, 2.05) is 27.8 Å². The molecule has 0 radical (unpaired) electrons. The fourth-order valence-corrected chi connectivity index (χ4v) is 4.45. The van der Waals surface area contributed by atoms with Crippen molar-refractivity contribution in [2.75, 3.05) is 6.54 Å². The lowest BCUT2D eigenvalue weighted by Crippen LogP contribution is -2.39. The number of nitrogens with zero attached hydrogens (tertiary/aromatic N) is 3. The van der Waals surface area contributed by atoms with E-state index >= 15 is 0 Å². The van der Waals surface area contributed by atoms with E-state index in [1.165, 1.54) is 5.56 Å². The molecule has 1 aromatic heterocycles. The van der Waals surface area contributed by atoms with Crippen LogP contribution in [0.15, 0.2) is 24.3 Å². The third kappa shape index (κ3) is 3.32. The van der Waals surface area contributed by atoms with E-state index in [0.29, 0.717) is 31.0 Å². The number of carbonyl (C=O) groups excluding carboxylic acids is 1. The number of rotatable bonds is 5. The summed E-state index contributed by atoms with van der Waals surface area (Å²) >= 11 is 0. The maximum absolute atomic E-state index is 13.2. The van der Waals surface area contributed by atoms with E-state index in [9.17, 15) is 14.7 Å². The quantitative estimate of drug-likeness (QED) is 0.863. The van der Waals surface area contributed by atoms with Crippen LogP contribution >= 0.6 is 0 Å². The fraction of sp³-hybridized carbons (Fsp3) is 0.500. The molecule has 1 atom stereocenters. The number of carbonyl (C=O) groups is 2. The molecule has 2 aliphatic rings. The highest BCUT2D eigenvalue weighted by molar-refractivity contribution is 5.89. The minimum absolute atomic E-state index is 0.100. The molecule has 0 spiro atoms. The van der Waals surface area contributed by atoms with Crippen LogP contribution in [0.3, 0.4) is 0 Å². The number of hydrogen-bond donors (Lipinski definition) is 1. The Balaban J connectivity index is 1.58. The lowest BCUT2D eigenvalue weighted by molar-refractivity contribution is -0.133. The molecule has 1 unspecified atom stereocenters. The van der Waals surface area contributed by atoms with Gasteiger partial charge in [0.1, 0.15) is 0 Å². The summed E-state index contributed by atoms with van der Waals surface area (Å²) in [6.45, 7) is 5.98. The zero-order chi connectivity index (χ0) is 19.8. The zero-order valence-electron chi connectivity index (χ0n) is 16.5. The van der Waals surface area contributed by atoms with E-state index in [4.69, 9.17) is 0 Å². The van der Waals surface area contributed by atoms with Gasteiger partial charge in [-0.05, 0) is 36.3 Å². The summed E-state index contributed by atoms with van der Waals surface area (Å²) in [5.74, 6) is -0.485. The van der Waals surface area contributed by atoms with Crippen LogP contribution in [0.25, 0.3) is 0 Å². The predicted molar refractivity (Wildman–Crippen MR) is 105 cm³/mol. The summed E-state index contributed by atoms with van der Waals surface area (Å²) in [4.78, 5) is 26.8. The van der Waals surface area contributed by atoms with Gasteiger partial charge in [0, 0.05) is 37.3 Å². The van der Waals surface area contributed by atoms with Crippen molar-refractivity contribution < 1.29 is 14.7 Å². The number of aromatic carboxylic acids is 1. The molecule has 1 aliphatic carbocycles. The SMILES string of the molecule is CC(C)CCn1nc(C(=O)O)c2c1CCN(C(=O)C1CCc3ccccc31)C2. The highest BCUT2D eigenvalue weighted by atomic mass is 16.4. The number of carboxylic acid groups (broad SMARTS) is 1. The molecule has 4 rings (SSSR count). The van der Waals surface area contributed by atoms with Gasteiger partial charge < -0.3 is 10.0 Å².